The van der Waals surface area contributed by atoms with Gasteiger partial charge in [0.25, 0.3) is 5.91 Å². The molecule has 0 atom stereocenters. The van der Waals surface area contributed by atoms with E-state index >= 15 is 0 Å². The van der Waals surface area contributed by atoms with Gasteiger partial charge in [-0.05, 0) is 25.1 Å². The topological polar surface area (TPSA) is 59.8 Å². The van der Waals surface area contributed by atoms with Crippen LogP contribution in [0.4, 0.5) is 5.13 Å². The third kappa shape index (κ3) is 2.60. The van der Waals surface area contributed by atoms with Crippen molar-refractivity contribution in [3.8, 4) is 5.69 Å². The average molecular weight is 284 g/mol. The van der Waals surface area contributed by atoms with Crippen LogP contribution in [0.1, 0.15) is 16.2 Å². The summed E-state index contributed by atoms with van der Waals surface area (Å²) in [6, 6.07) is 11.3. The normalized spacial score (nSPS) is 10.4. The Morgan fingerprint density at radius 2 is 2.05 bits per heavy atom. The van der Waals surface area contributed by atoms with E-state index in [-0.39, 0.29) is 5.91 Å². The summed E-state index contributed by atoms with van der Waals surface area (Å²) in [4.78, 5) is 16.2. The van der Waals surface area contributed by atoms with Crippen molar-refractivity contribution in [1.82, 2.24) is 14.8 Å². The van der Waals surface area contributed by atoms with Crippen LogP contribution in [0, 0.1) is 6.92 Å². The zero-order valence-corrected chi connectivity index (χ0v) is 11.6. The lowest BCUT2D eigenvalue weighted by Gasteiger charge is -2.00. The Labute approximate surface area is 119 Å². The van der Waals surface area contributed by atoms with E-state index in [1.807, 2.05) is 42.6 Å². The van der Waals surface area contributed by atoms with Crippen LogP contribution in [-0.4, -0.2) is 20.7 Å². The van der Waals surface area contributed by atoms with E-state index in [4.69, 9.17) is 0 Å². The Morgan fingerprint density at radius 3 is 2.75 bits per heavy atom. The molecule has 0 aliphatic carbocycles. The smallest absolute Gasteiger partial charge is 0.277 e. The number of benzene rings is 1. The molecule has 1 N–H and O–H groups in total. The van der Waals surface area contributed by atoms with Crippen LogP contribution in [0.3, 0.4) is 0 Å². The van der Waals surface area contributed by atoms with Gasteiger partial charge in [0.05, 0.1) is 11.4 Å². The van der Waals surface area contributed by atoms with Crippen molar-refractivity contribution >= 4 is 22.4 Å². The number of anilines is 1. The van der Waals surface area contributed by atoms with Crippen LogP contribution in [0.5, 0.6) is 0 Å². The molecule has 0 aliphatic rings. The number of aryl methyl sites for hydroxylation is 1. The maximum atomic E-state index is 12.0. The van der Waals surface area contributed by atoms with Crippen LogP contribution in [0.25, 0.3) is 5.69 Å². The van der Waals surface area contributed by atoms with Crippen molar-refractivity contribution in [1.29, 1.82) is 0 Å². The quantitative estimate of drug-likeness (QED) is 0.804. The van der Waals surface area contributed by atoms with E-state index in [9.17, 15) is 4.79 Å². The summed E-state index contributed by atoms with van der Waals surface area (Å²) in [5.41, 5.74) is 2.17. The molecule has 0 saturated carbocycles. The van der Waals surface area contributed by atoms with E-state index in [0.29, 0.717) is 10.8 Å². The molecule has 20 heavy (non-hydrogen) atoms. The van der Waals surface area contributed by atoms with Crippen molar-refractivity contribution in [2.24, 2.45) is 0 Å². The number of carbonyl (C=O) groups is 1. The fraction of sp³-hybridized carbons (Fsp3) is 0.0714. The minimum absolute atomic E-state index is 0.256. The fourth-order valence-electron chi connectivity index (χ4n) is 1.74. The van der Waals surface area contributed by atoms with E-state index in [1.54, 1.807) is 16.9 Å². The molecule has 1 amide bonds. The first-order valence-electron chi connectivity index (χ1n) is 6.07. The molecule has 5 nitrogen and oxygen atoms in total. The third-order valence-electron chi connectivity index (χ3n) is 2.68. The monoisotopic (exact) mass is 284 g/mol. The van der Waals surface area contributed by atoms with Crippen molar-refractivity contribution in [2.45, 2.75) is 6.92 Å². The van der Waals surface area contributed by atoms with Gasteiger partial charge in [-0.15, -0.1) is 11.3 Å². The number of aromatic nitrogens is 3. The van der Waals surface area contributed by atoms with Crippen LogP contribution in [0.15, 0.2) is 48.0 Å². The zero-order valence-electron chi connectivity index (χ0n) is 10.8. The van der Waals surface area contributed by atoms with Crippen molar-refractivity contribution in [3.05, 3.63) is 59.4 Å². The lowest BCUT2D eigenvalue weighted by atomic mass is 10.3. The standard InChI is InChI=1S/C14H12N4OS/c1-10-9-20-14(15-10)16-13(19)12-7-8-18(17-12)11-5-3-2-4-6-11/h2-9H,1H3,(H,15,16,19). The molecule has 0 aliphatic heterocycles. The Kier molecular flexibility index (Phi) is 3.30. The lowest BCUT2D eigenvalue weighted by Crippen LogP contribution is -2.13. The first-order valence-corrected chi connectivity index (χ1v) is 6.95. The van der Waals surface area contributed by atoms with Crippen LogP contribution >= 0.6 is 11.3 Å². The molecule has 0 radical (unpaired) electrons. The van der Waals surface area contributed by atoms with Gasteiger partial charge < -0.3 is 0 Å². The number of carbonyl (C=O) groups excluding carboxylic acids is 1. The Hall–Kier alpha value is -2.47. The highest BCUT2D eigenvalue weighted by molar-refractivity contribution is 7.13. The first-order chi connectivity index (χ1) is 9.72. The highest BCUT2D eigenvalue weighted by Gasteiger charge is 2.11. The van der Waals surface area contributed by atoms with Gasteiger partial charge in [0, 0.05) is 11.6 Å². The van der Waals surface area contributed by atoms with Crippen LogP contribution in [-0.2, 0) is 0 Å². The number of rotatable bonds is 3. The number of hydrogen-bond acceptors (Lipinski definition) is 4. The van der Waals surface area contributed by atoms with Gasteiger partial charge >= 0.3 is 0 Å². The number of nitrogens with zero attached hydrogens (tertiary/aromatic N) is 3. The SMILES string of the molecule is Cc1csc(NC(=O)c2ccn(-c3ccccc3)n2)n1. The Morgan fingerprint density at radius 1 is 1.25 bits per heavy atom. The molecule has 0 bridgehead atoms. The largest absolute Gasteiger partial charge is 0.296 e. The molecule has 100 valence electrons. The molecular formula is C14H12N4OS. The van der Waals surface area contributed by atoms with Gasteiger partial charge in [-0.1, -0.05) is 18.2 Å². The molecule has 0 spiro atoms. The number of thiazole rings is 1. The predicted molar refractivity (Wildman–Crippen MR) is 78.4 cm³/mol. The molecule has 2 heterocycles. The Bertz CT molecular complexity index is 732. The third-order valence-corrected chi connectivity index (χ3v) is 3.56. The molecule has 2 aromatic heterocycles. The van der Waals surface area contributed by atoms with Gasteiger partial charge in [-0.25, -0.2) is 9.67 Å². The number of amides is 1. The van der Waals surface area contributed by atoms with Gasteiger partial charge in [0.15, 0.2) is 10.8 Å². The summed E-state index contributed by atoms with van der Waals surface area (Å²) in [5.74, 6) is -0.256. The summed E-state index contributed by atoms with van der Waals surface area (Å²) in [5, 5.41) is 9.47. The van der Waals surface area contributed by atoms with E-state index in [2.05, 4.69) is 15.4 Å². The minimum Gasteiger partial charge on any atom is -0.296 e. The second-order valence-electron chi connectivity index (χ2n) is 4.23. The average Bonchev–Trinajstić information content (AvgIpc) is 3.09. The minimum atomic E-state index is -0.256. The van der Waals surface area contributed by atoms with Gasteiger partial charge in [0.2, 0.25) is 0 Å². The van der Waals surface area contributed by atoms with Gasteiger partial charge in [0.1, 0.15) is 0 Å². The van der Waals surface area contributed by atoms with E-state index in [1.165, 1.54) is 11.3 Å². The molecule has 3 rings (SSSR count). The highest BCUT2D eigenvalue weighted by atomic mass is 32.1. The second-order valence-corrected chi connectivity index (χ2v) is 5.09. The molecular weight excluding hydrogens is 272 g/mol. The van der Waals surface area contributed by atoms with Crippen LogP contribution in [0.2, 0.25) is 0 Å². The van der Waals surface area contributed by atoms with Gasteiger partial charge in [-0.3, -0.25) is 10.1 Å². The number of para-hydroxylation sites is 1. The summed E-state index contributed by atoms with van der Waals surface area (Å²) < 4.78 is 1.67. The highest BCUT2D eigenvalue weighted by Crippen LogP contribution is 2.15. The number of nitrogens with one attached hydrogen (secondary N) is 1. The fourth-order valence-corrected chi connectivity index (χ4v) is 2.43. The van der Waals surface area contributed by atoms with Crippen molar-refractivity contribution in [2.75, 3.05) is 5.32 Å². The molecule has 3 aromatic rings. The predicted octanol–water partition coefficient (Wildman–Crippen LogP) is 2.89. The molecule has 6 heteroatoms. The van der Waals surface area contributed by atoms with Gasteiger partial charge in [-0.2, -0.15) is 5.10 Å². The number of hydrogen-bond donors (Lipinski definition) is 1. The van der Waals surface area contributed by atoms with Crippen molar-refractivity contribution < 1.29 is 4.79 Å². The van der Waals surface area contributed by atoms with E-state index in [0.717, 1.165) is 11.4 Å². The first kappa shape index (κ1) is 12.6. The second kappa shape index (κ2) is 5.26. The molecule has 0 fully saturated rings. The summed E-state index contributed by atoms with van der Waals surface area (Å²) >= 11 is 1.40. The maximum Gasteiger partial charge on any atom is 0.277 e. The molecule has 1 aromatic carbocycles. The maximum absolute atomic E-state index is 12.0. The lowest BCUT2D eigenvalue weighted by molar-refractivity contribution is 0.102. The molecule has 0 unspecified atom stereocenters. The van der Waals surface area contributed by atoms with Crippen LogP contribution < -0.4 is 5.32 Å². The zero-order chi connectivity index (χ0) is 13.9. The summed E-state index contributed by atoms with van der Waals surface area (Å²) in [7, 11) is 0. The molecule has 0 saturated heterocycles. The summed E-state index contributed by atoms with van der Waals surface area (Å²) in [6.45, 7) is 1.89. The Balaban J connectivity index is 1.78. The summed E-state index contributed by atoms with van der Waals surface area (Å²) in [6.07, 6.45) is 1.76. The van der Waals surface area contributed by atoms with Crippen molar-refractivity contribution in [3.63, 3.8) is 0 Å². The van der Waals surface area contributed by atoms with E-state index < -0.39 is 0 Å².